The van der Waals surface area contributed by atoms with Crippen molar-refractivity contribution in [3.8, 4) is 0 Å². The Morgan fingerprint density at radius 3 is 2.29 bits per heavy atom. The summed E-state index contributed by atoms with van der Waals surface area (Å²) >= 11 is 0. The Morgan fingerprint density at radius 2 is 1.76 bits per heavy atom. The molecule has 0 aromatic heterocycles. The van der Waals surface area contributed by atoms with E-state index >= 15 is 0 Å². The van der Waals surface area contributed by atoms with Crippen LogP contribution in [-0.2, 0) is 9.59 Å². The lowest BCUT2D eigenvalue weighted by Gasteiger charge is -2.17. The van der Waals surface area contributed by atoms with Crippen molar-refractivity contribution in [1.82, 2.24) is 5.32 Å². The van der Waals surface area contributed by atoms with Crippen molar-refractivity contribution in [3.63, 3.8) is 0 Å². The van der Waals surface area contributed by atoms with Gasteiger partial charge in [-0.05, 0) is 51.0 Å². The summed E-state index contributed by atoms with van der Waals surface area (Å²) < 4.78 is 0. The molecule has 0 heterocycles. The fourth-order valence-electron chi connectivity index (χ4n) is 1.63. The van der Waals surface area contributed by atoms with E-state index in [9.17, 15) is 14.4 Å². The first-order valence-electron chi connectivity index (χ1n) is 6.53. The summed E-state index contributed by atoms with van der Waals surface area (Å²) in [7, 11) is 0. The number of hydrogen-bond donors (Lipinski definition) is 3. The predicted molar refractivity (Wildman–Crippen MR) is 79.1 cm³/mol. The van der Waals surface area contributed by atoms with Gasteiger partial charge in [0.05, 0.1) is 5.41 Å². The van der Waals surface area contributed by atoms with E-state index in [0.717, 1.165) is 11.1 Å². The summed E-state index contributed by atoms with van der Waals surface area (Å²) in [5.74, 6) is -1.73. The summed E-state index contributed by atoms with van der Waals surface area (Å²) in [5.41, 5.74) is 1.47. The minimum Gasteiger partial charge on any atom is -0.481 e. The van der Waals surface area contributed by atoms with E-state index in [0.29, 0.717) is 5.69 Å². The maximum atomic E-state index is 11.7. The number of anilines is 1. The van der Waals surface area contributed by atoms with Crippen LogP contribution in [0.25, 0.3) is 0 Å². The Balaban J connectivity index is 2.59. The van der Waals surface area contributed by atoms with Gasteiger partial charge in [0.1, 0.15) is 0 Å². The number of hydrogen-bond acceptors (Lipinski definition) is 3. The van der Waals surface area contributed by atoms with Gasteiger partial charge in [-0.15, -0.1) is 0 Å². The quantitative estimate of drug-likeness (QED) is 0.794. The molecule has 6 nitrogen and oxygen atoms in total. The number of carboxylic acid groups (broad SMARTS) is 1. The molecule has 0 spiro atoms. The van der Waals surface area contributed by atoms with Crippen molar-refractivity contribution in [2.75, 3.05) is 5.32 Å². The van der Waals surface area contributed by atoms with Gasteiger partial charge in [-0.1, -0.05) is 6.07 Å². The number of carbonyl (C=O) groups is 3. The zero-order chi connectivity index (χ0) is 16.2. The molecule has 0 saturated heterocycles. The third-order valence-corrected chi connectivity index (χ3v) is 3.20. The van der Waals surface area contributed by atoms with Crippen molar-refractivity contribution in [2.24, 2.45) is 5.41 Å². The first kappa shape index (κ1) is 16.7. The van der Waals surface area contributed by atoms with Gasteiger partial charge in [-0.25, -0.2) is 4.79 Å². The summed E-state index contributed by atoms with van der Waals surface area (Å²) in [6.45, 7) is 6.72. The zero-order valence-electron chi connectivity index (χ0n) is 12.6. The Labute approximate surface area is 123 Å². The van der Waals surface area contributed by atoms with Crippen LogP contribution in [0.5, 0.6) is 0 Å². The molecule has 0 saturated carbocycles. The van der Waals surface area contributed by atoms with Crippen LogP contribution in [0.2, 0.25) is 0 Å². The van der Waals surface area contributed by atoms with Crippen LogP contribution in [0.3, 0.4) is 0 Å². The van der Waals surface area contributed by atoms with Gasteiger partial charge in [0.2, 0.25) is 5.91 Å². The van der Waals surface area contributed by atoms with Gasteiger partial charge in [-0.3, -0.25) is 14.9 Å². The van der Waals surface area contributed by atoms with Crippen molar-refractivity contribution in [1.29, 1.82) is 0 Å². The number of carboxylic acids is 1. The van der Waals surface area contributed by atoms with E-state index in [1.54, 1.807) is 12.1 Å². The minimum atomic E-state index is -1.22. The summed E-state index contributed by atoms with van der Waals surface area (Å²) in [6.07, 6.45) is -0.275. The molecule has 0 aliphatic heterocycles. The molecule has 1 aromatic carbocycles. The monoisotopic (exact) mass is 292 g/mol. The molecule has 0 radical (unpaired) electrons. The number of carbonyl (C=O) groups excluding carboxylic acids is 2. The van der Waals surface area contributed by atoms with Crippen LogP contribution in [-0.4, -0.2) is 23.0 Å². The number of aryl methyl sites for hydroxylation is 2. The molecular formula is C15H20N2O4. The van der Waals surface area contributed by atoms with Crippen molar-refractivity contribution < 1.29 is 19.5 Å². The third kappa shape index (κ3) is 4.91. The number of imide groups is 1. The van der Waals surface area contributed by atoms with E-state index in [1.165, 1.54) is 13.8 Å². The number of nitrogens with one attached hydrogen (secondary N) is 2. The highest BCUT2D eigenvalue weighted by molar-refractivity contribution is 6.02. The molecular weight excluding hydrogens is 272 g/mol. The molecule has 1 rings (SSSR count). The number of aliphatic carboxylic acids is 1. The lowest BCUT2D eigenvalue weighted by Crippen LogP contribution is -2.38. The van der Waals surface area contributed by atoms with Crippen molar-refractivity contribution in [2.45, 2.75) is 34.1 Å². The summed E-state index contributed by atoms with van der Waals surface area (Å²) in [5, 5.41) is 13.6. The minimum absolute atomic E-state index is 0.275. The summed E-state index contributed by atoms with van der Waals surface area (Å²) in [6, 6.07) is 4.71. The maximum Gasteiger partial charge on any atom is 0.325 e. The van der Waals surface area contributed by atoms with Crippen LogP contribution in [0.4, 0.5) is 10.5 Å². The lowest BCUT2D eigenvalue weighted by atomic mass is 9.89. The maximum absolute atomic E-state index is 11.7. The molecule has 1 aromatic rings. The fraction of sp³-hybridized carbons (Fsp3) is 0.400. The second kappa shape index (κ2) is 6.39. The van der Waals surface area contributed by atoms with Crippen LogP contribution in [0.15, 0.2) is 18.2 Å². The lowest BCUT2D eigenvalue weighted by molar-refractivity contribution is -0.149. The standard InChI is InChI=1S/C15H20N2O4/c1-9-5-6-11(7-10(9)2)16-14(21)17-12(18)8-15(3,4)13(19)20/h5-7H,8H2,1-4H3,(H,19,20)(H2,16,17,18,21). The molecule has 3 amide bonds. The fourth-order valence-corrected chi connectivity index (χ4v) is 1.63. The molecule has 21 heavy (non-hydrogen) atoms. The highest BCUT2D eigenvalue weighted by Gasteiger charge is 2.30. The molecule has 114 valence electrons. The average Bonchev–Trinajstić information content (AvgIpc) is 2.32. The number of amides is 3. The predicted octanol–water partition coefficient (Wildman–Crippen LogP) is 2.45. The van der Waals surface area contributed by atoms with E-state index in [2.05, 4.69) is 10.6 Å². The van der Waals surface area contributed by atoms with E-state index in [1.807, 2.05) is 19.9 Å². The van der Waals surface area contributed by atoms with Gasteiger partial charge in [0.15, 0.2) is 0 Å². The molecule has 0 fully saturated rings. The molecule has 3 N–H and O–H groups in total. The Kier molecular flexibility index (Phi) is 5.07. The van der Waals surface area contributed by atoms with Crippen LogP contribution in [0.1, 0.15) is 31.4 Å². The van der Waals surface area contributed by atoms with Crippen LogP contribution < -0.4 is 10.6 Å². The van der Waals surface area contributed by atoms with Crippen LogP contribution >= 0.6 is 0 Å². The van der Waals surface area contributed by atoms with E-state index in [-0.39, 0.29) is 6.42 Å². The van der Waals surface area contributed by atoms with E-state index < -0.39 is 23.3 Å². The second-order valence-electron chi connectivity index (χ2n) is 5.67. The molecule has 0 atom stereocenters. The van der Waals surface area contributed by atoms with Crippen molar-refractivity contribution in [3.05, 3.63) is 29.3 Å². The Morgan fingerprint density at radius 1 is 1.14 bits per heavy atom. The zero-order valence-corrected chi connectivity index (χ0v) is 12.6. The normalized spacial score (nSPS) is 10.9. The first-order valence-corrected chi connectivity index (χ1v) is 6.53. The van der Waals surface area contributed by atoms with Gasteiger partial charge < -0.3 is 10.4 Å². The second-order valence-corrected chi connectivity index (χ2v) is 5.67. The molecule has 6 heteroatoms. The largest absolute Gasteiger partial charge is 0.481 e. The Bertz CT molecular complexity index is 579. The molecule has 0 unspecified atom stereocenters. The highest BCUT2D eigenvalue weighted by Crippen LogP contribution is 2.20. The topological polar surface area (TPSA) is 95.5 Å². The van der Waals surface area contributed by atoms with Gasteiger partial charge in [0.25, 0.3) is 0 Å². The molecule has 0 aliphatic carbocycles. The average molecular weight is 292 g/mol. The SMILES string of the molecule is Cc1ccc(NC(=O)NC(=O)CC(C)(C)C(=O)O)cc1C. The van der Waals surface area contributed by atoms with Gasteiger partial charge in [-0.2, -0.15) is 0 Å². The van der Waals surface area contributed by atoms with Crippen molar-refractivity contribution >= 4 is 23.6 Å². The number of rotatable bonds is 4. The third-order valence-electron chi connectivity index (χ3n) is 3.20. The van der Waals surface area contributed by atoms with Crippen LogP contribution in [0, 0.1) is 19.3 Å². The molecule has 0 bridgehead atoms. The molecule has 0 aliphatic rings. The smallest absolute Gasteiger partial charge is 0.325 e. The Hall–Kier alpha value is -2.37. The highest BCUT2D eigenvalue weighted by atomic mass is 16.4. The van der Waals surface area contributed by atoms with E-state index in [4.69, 9.17) is 5.11 Å². The number of urea groups is 1. The van der Waals surface area contributed by atoms with Gasteiger partial charge in [0, 0.05) is 12.1 Å². The first-order chi connectivity index (χ1) is 9.61. The number of benzene rings is 1. The summed E-state index contributed by atoms with van der Waals surface area (Å²) in [4.78, 5) is 34.3. The van der Waals surface area contributed by atoms with Gasteiger partial charge >= 0.3 is 12.0 Å².